The number of rotatable bonds is 11. The molecule has 0 aliphatic heterocycles. The van der Waals surface area contributed by atoms with E-state index in [1.165, 1.54) is 11.1 Å². The topological polar surface area (TPSA) is 108 Å². The molecule has 2 aliphatic rings. The molecule has 3 aromatic carbocycles. The predicted molar refractivity (Wildman–Crippen MR) is 161 cm³/mol. The van der Waals surface area contributed by atoms with Crippen molar-refractivity contribution in [1.82, 2.24) is 15.5 Å². The first kappa shape index (κ1) is 29.3. The van der Waals surface area contributed by atoms with E-state index in [-0.39, 0.29) is 36.8 Å². The number of hydrogen-bond acceptors (Lipinski definition) is 5. The summed E-state index contributed by atoms with van der Waals surface area (Å²) >= 11 is 0. The third kappa shape index (κ3) is 6.99. The molecular formula is C34H39N3O5. The normalized spacial score (nSPS) is 18.5. The minimum Gasteiger partial charge on any atom is -0.480 e. The van der Waals surface area contributed by atoms with Gasteiger partial charge >= 0.3 is 12.1 Å². The molecule has 5 rings (SSSR count). The monoisotopic (exact) mass is 569 g/mol. The second-order valence-corrected chi connectivity index (χ2v) is 11.4. The average molecular weight is 570 g/mol. The lowest BCUT2D eigenvalue weighted by molar-refractivity contribution is -0.143. The molecule has 3 atom stereocenters. The Morgan fingerprint density at radius 2 is 1.52 bits per heavy atom. The number of amides is 2. The highest BCUT2D eigenvalue weighted by atomic mass is 16.5. The second kappa shape index (κ2) is 13.7. The largest absolute Gasteiger partial charge is 0.480 e. The van der Waals surface area contributed by atoms with Gasteiger partial charge in [-0.1, -0.05) is 91.7 Å². The van der Waals surface area contributed by atoms with Gasteiger partial charge in [0.2, 0.25) is 5.91 Å². The van der Waals surface area contributed by atoms with Crippen LogP contribution in [0.15, 0.2) is 78.9 Å². The number of alkyl carbamates (subject to hydrolysis) is 1. The summed E-state index contributed by atoms with van der Waals surface area (Å²) in [4.78, 5) is 40.0. The molecule has 0 aromatic heterocycles. The number of hydrogen-bond donors (Lipinski definition) is 3. The van der Waals surface area contributed by atoms with E-state index in [4.69, 9.17) is 4.74 Å². The van der Waals surface area contributed by atoms with Crippen molar-refractivity contribution in [3.63, 3.8) is 0 Å². The van der Waals surface area contributed by atoms with E-state index in [9.17, 15) is 19.5 Å². The van der Waals surface area contributed by atoms with Gasteiger partial charge in [0, 0.05) is 31.5 Å². The summed E-state index contributed by atoms with van der Waals surface area (Å²) in [6.45, 7) is 1.30. The minimum atomic E-state index is -1.06. The van der Waals surface area contributed by atoms with Crippen LogP contribution in [0.2, 0.25) is 0 Å². The molecule has 0 saturated heterocycles. The summed E-state index contributed by atoms with van der Waals surface area (Å²) in [5, 5.41) is 15.5. The zero-order valence-electron chi connectivity index (χ0n) is 24.0. The van der Waals surface area contributed by atoms with Gasteiger partial charge in [-0.3, -0.25) is 9.69 Å². The van der Waals surface area contributed by atoms with Gasteiger partial charge in [0.25, 0.3) is 0 Å². The van der Waals surface area contributed by atoms with Crippen LogP contribution in [0.25, 0.3) is 11.1 Å². The maximum absolute atomic E-state index is 13.3. The molecule has 1 saturated carbocycles. The lowest BCUT2D eigenvalue weighted by Crippen LogP contribution is -2.51. The highest BCUT2D eigenvalue weighted by Crippen LogP contribution is 2.44. The van der Waals surface area contributed by atoms with E-state index in [2.05, 4.69) is 34.9 Å². The van der Waals surface area contributed by atoms with Crippen molar-refractivity contribution in [3.8, 4) is 11.1 Å². The van der Waals surface area contributed by atoms with Crippen LogP contribution in [0.4, 0.5) is 4.79 Å². The van der Waals surface area contributed by atoms with Gasteiger partial charge in [-0.25, -0.2) is 9.59 Å². The van der Waals surface area contributed by atoms with Gasteiger partial charge in [-0.2, -0.15) is 0 Å². The minimum absolute atomic E-state index is 0.0238. The number of benzene rings is 3. The zero-order chi connectivity index (χ0) is 29.5. The highest BCUT2D eigenvalue weighted by molar-refractivity contribution is 5.85. The summed E-state index contributed by atoms with van der Waals surface area (Å²) in [5.41, 5.74) is 5.71. The van der Waals surface area contributed by atoms with Gasteiger partial charge in [0.05, 0.1) is 0 Å². The fraction of sp³-hybridized carbons (Fsp3) is 0.382. The van der Waals surface area contributed by atoms with Gasteiger partial charge < -0.3 is 20.5 Å². The summed E-state index contributed by atoms with van der Waals surface area (Å²) in [6.07, 6.45) is 2.80. The smallest absolute Gasteiger partial charge is 0.407 e. The van der Waals surface area contributed by atoms with Crippen molar-refractivity contribution in [3.05, 3.63) is 95.6 Å². The Morgan fingerprint density at radius 1 is 0.905 bits per heavy atom. The highest BCUT2D eigenvalue weighted by Gasteiger charge is 2.34. The van der Waals surface area contributed by atoms with Crippen LogP contribution in [-0.4, -0.2) is 60.8 Å². The van der Waals surface area contributed by atoms with Crippen molar-refractivity contribution in [1.29, 1.82) is 0 Å². The Morgan fingerprint density at radius 3 is 2.19 bits per heavy atom. The van der Waals surface area contributed by atoms with Crippen molar-refractivity contribution >= 4 is 18.0 Å². The summed E-state index contributed by atoms with van der Waals surface area (Å²) in [7, 11) is 1.84. The van der Waals surface area contributed by atoms with Gasteiger partial charge in [0.15, 0.2) is 0 Å². The Bertz CT molecular complexity index is 1350. The predicted octanol–water partition coefficient (Wildman–Crippen LogP) is 5.03. The molecular weight excluding hydrogens is 530 g/mol. The van der Waals surface area contributed by atoms with Crippen molar-refractivity contribution in [2.75, 3.05) is 26.7 Å². The van der Waals surface area contributed by atoms with E-state index < -0.39 is 18.1 Å². The third-order valence-electron chi connectivity index (χ3n) is 8.50. The summed E-state index contributed by atoms with van der Waals surface area (Å²) in [5.74, 6) is -1.81. The van der Waals surface area contributed by atoms with E-state index in [1.807, 2.05) is 66.5 Å². The van der Waals surface area contributed by atoms with Gasteiger partial charge in [0.1, 0.15) is 12.6 Å². The van der Waals surface area contributed by atoms with Crippen molar-refractivity contribution in [2.45, 2.75) is 44.2 Å². The molecule has 3 N–H and O–H groups in total. The first-order valence-electron chi connectivity index (χ1n) is 14.7. The quantitative estimate of drug-likeness (QED) is 0.299. The number of carboxylic acid groups (broad SMARTS) is 1. The zero-order valence-corrected chi connectivity index (χ0v) is 24.0. The van der Waals surface area contributed by atoms with E-state index in [1.54, 1.807) is 0 Å². The molecule has 42 heavy (non-hydrogen) atoms. The molecule has 8 nitrogen and oxygen atoms in total. The number of carbonyl (C=O) groups is 3. The molecule has 0 bridgehead atoms. The molecule has 1 unspecified atom stereocenters. The van der Waals surface area contributed by atoms with Crippen LogP contribution in [0.5, 0.6) is 0 Å². The molecule has 0 spiro atoms. The first-order valence-corrected chi connectivity index (χ1v) is 14.7. The van der Waals surface area contributed by atoms with Gasteiger partial charge in [-0.05, 0) is 53.6 Å². The van der Waals surface area contributed by atoms with Crippen LogP contribution in [0.3, 0.4) is 0 Å². The first-order chi connectivity index (χ1) is 20.4. The summed E-state index contributed by atoms with van der Waals surface area (Å²) in [6, 6.07) is 25.2. The van der Waals surface area contributed by atoms with Crippen molar-refractivity contribution < 1.29 is 24.2 Å². The number of nitrogens with zero attached hydrogens (tertiary/aromatic N) is 1. The lowest BCUT2D eigenvalue weighted by Gasteiger charge is -2.32. The number of aliphatic carboxylic acids is 1. The average Bonchev–Trinajstić information content (AvgIpc) is 3.32. The number of likely N-dealkylation sites (N-methyl/N-ethyl adjacent to an activating group) is 1. The summed E-state index contributed by atoms with van der Waals surface area (Å²) < 4.78 is 5.68. The van der Waals surface area contributed by atoms with Gasteiger partial charge in [-0.15, -0.1) is 0 Å². The maximum Gasteiger partial charge on any atom is 0.407 e. The van der Waals surface area contributed by atoms with E-state index in [0.29, 0.717) is 19.5 Å². The Hall–Kier alpha value is -4.17. The molecule has 2 amide bonds. The second-order valence-electron chi connectivity index (χ2n) is 11.4. The Balaban J connectivity index is 1.13. The third-order valence-corrected chi connectivity index (χ3v) is 8.50. The molecule has 0 radical (unpaired) electrons. The van der Waals surface area contributed by atoms with Crippen LogP contribution < -0.4 is 10.6 Å². The Labute approximate surface area is 247 Å². The molecule has 3 aromatic rings. The number of nitrogens with one attached hydrogen (secondary N) is 2. The van der Waals surface area contributed by atoms with E-state index >= 15 is 0 Å². The molecule has 220 valence electrons. The van der Waals surface area contributed by atoms with Crippen LogP contribution in [0, 0.1) is 11.8 Å². The number of ether oxygens (including phenoxy) is 1. The fourth-order valence-corrected chi connectivity index (χ4v) is 6.40. The van der Waals surface area contributed by atoms with Crippen LogP contribution in [0.1, 0.15) is 48.3 Å². The fourth-order valence-electron chi connectivity index (χ4n) is 6.40. The lowest BCUT2D eigenvalue weighted by atomic mass is 9.78. The molecule has 2 aliphatic carbocycles. The van der Waals surface area contributed by atoms with Crippen molar-refractivity contribution in [2.24, 2.45) is 11.8 Å². The molecule has 1 fully saturated rings. The number of fused-ring (bicyclic) bond motifs is 3. The van der Waals surface area contributed by atoms with Crippen LogP contribution >= 0.6 is 0 Å². The molecule has 8 heteroatoms. The number of carboxylic acids is 1. The SMILES string of the molecule is CN(Cc1ccccc1)CC(NC(=O)[C@@H]1CCCC[C@@H]1CNC(=O)OCC1c2ccccc2-c2ccccc21)C(=O)O. The Kier molecular flexibility index (Phi) is 9.54. The number of carbonyl (C=O) groups excluding carboxylic acids is 2. The maximum atomic E-state index is 13.3. The standard InChI is InChI=1S/C34H39N3O5/c1-37(20-23-11-3-2-4-12-23)21-31(33(39)40)36-32(38)25-14-6-5-13-24(25)19-35-34(41)42-22-30-28-17-9-7-15-26(28)27-16-8-10-18-29(27)30/h2-4,7-12,15-18,24-25,30-31H,5-6,13-14,19-22H2,1H3,(H,35,41)(H,36,38)(H,39,40)/t24-,25-,31?/m1/s1. The molecule has 0 heterocycles. The van der Waals surface area contributed by atoms with Crippen LogP contribution in [-0.2, 0) is 20.9 Å². The van der Waals surface area contributed by atoms with E-state index in [0.717, 1.165) is 36.0 Å².